The lowest BCUT2D eigenvalue weighted by Gasteiger charge is -2.37. The zero-order chi connectivity index (χ0) is 26.7. The lowest BCUT2D eigenvalue weighted by atomic mass is 9.93. The summed E-state index contributed by atoms with van der Waals surface area (Å²) in [6, 6.07) is 5.59. The number of hydrogen-bond donors (Lipinski definition) is 3. The van der Waals surface area contributed by atoms with Crippen LogP contribution in [0, 0.1) is 5.92 Å². The van der Waals surface area contributed by atoms with Gasteiger partial charge in [0.1, 0.15) is 24.5 Å². The average Bonchev–Trinajstić information content (AvgIpc) is 2.83. The van der Waals surface area contributed by atoms with Crippen molar-refractivity contribution < 1.29 is 48.3 Å². The fourth-order valence-corrected chi connectivity index (χ4v) is 3.50. The van der Waals surface area contributed by atoms with Crippen LogP contribution in [0.1, 0.15) is 45.6 Å². The number of carbonyl (C=O) groups is 3. The minimum absolute atomic E-state index is 0.0619. The van der Waals surface area contributed by atoms with Gasteiger partial charge in [-0.1, -0.05) is 19.1 Å². The summed E-state index contributed by atoms with van der Waals surface area (Å²) in [5.41, 5.74) is 9.08. The van der Waals surface area contributed by atoms with Crippen LogP contribution in [0.4, 0.5) is 4.79 Å². The van der Waals surface area contributed by atoms with Crippen LogP contribution in [-0.2, 0) is 30.4 Å². The minimum Gasteiger partial charge on any atom is -0.465 e. The summed E-state index contributed by atoms with van der Waals surface area (Å²) in [5.74, 6) is -0.836. The molecule has 0 bridgehead atoms. The monoisotopic (exact) mass is 507 g/mol. The van der Waals surface area contributed by atoms with Crippen LogP contribution < -0.4 is 10.1 Å². The summed E-state index contributed by atoms with van der Waals surface area (Å²) in [7, 11) is 0. The molecule has 2 rings (SSSR count). The molecule has 1 aliphatic heterocycles. The van der Waals surface area contributed by atoms with Gasteiger partial charge in [0.15, 0.2) is 0 Å². The van der Waals surface area contributed by atoms with E-state index < -0.39 is 48.5 Å². The zero-order valence-electron chi connectivity index (χ0n) is 20.5. The van der Waals surface area contributed by atoms with E-state index in [1.54, 1.807) is 38.1 Å². The fraction of sp³-hybridized carbons (Fsp3) is 0.583. The van der Waals surface area contributed by atoms with Gasteiger partial charge in [0.2, 0.25) is 12.1 Å². The van der Waals surface area contributed by atoms with Crippen molar-refractivity contribution in [3.63, 3.8) is 0 Å². The normalized spacial score (nSPS) is 22.2. The van der Waals surface area contributed by atoms with E-state index in [-0.39, 0.29) is 32.0 Å². The van der Waals surface area contributed by atoms with Gasteiger partial charge in [0.05, 0.1) is 18.8 Å². The molecule has 1 heterocycles. The second-order valence-corrected chi connectivity index (χ2v) is 8.76. The van der Waals surface area contributed by atoms with Gasteiger partial charge in [-0.25, -0.2) is 9.59 Å². The molecule has 0 saturated carbocycles. The summed E-state index contributed by atoms with van der Waals surface area (Å²) in [6.45, 7) is 4.75. The van der Waals surface area contributed by atoms with Crippen LogP contribution in [0.25, 0.3) is 5.53 Å². The van der Waals surface area contributed by atoms with Crippen LogP contribution in [0.15, 0.2) is 24.3 Å². The predicted molar refractivity (Wildman–Crippen MR) is 125 cm³/mol. The molecule has 1 fully saturated rings. The highest BCUT2D eigenvalue weighted by Crippen LogP contribution is 2.27. The fourth-order valence-electron chi connectivity index (χ4n) is 3.50. The number of nitrogens with one attached hydrogen (secondary N) is 1. The van der Waals surface area contributed by atoms with E-state index in [1.807, 2.05) is 6.92 Å². The van der Waals surface area contributed by atoms with Gasteiger partial charge in [-0.2, -0.15) is 4.79 Å². The Bertz CT molecular complexity index is 931. The van der Waals surface area contributed by atoms with E-state index in [4.69, 9.17) is 24.5 Å². The number of nitrogens with zero attached hydrogens (tertiary/aromatic N) is 2. The molecule has 12 heteroatoms. The zero-order valence-corrected chi connectivity index (χ0v) is 20.5. The summed E-state index contributed by atoms with van der Waals surface area (Å²) in [6.07, 6.45) is -2.43. The summed E-state index contributed by atoms with van der Waals surface area (Å²) >= 11 is 0. The van der Waals surface area contributed by atoms with Crippen molar-refractivity contribution in [1.29, 1.82) is 0 Å². The Balaban J connectivity index is 1.88. The first kappa shape index (κ1) is 28.9. The molecule has 5 atom stereocenters. The first-order valence-electron chi connectivity index (χ1n) is 11.7. The van der Waals surface area contributed by atoms with Crippen molar-refractivity contribution in [2.24, 2.45) is 5.92 Å². The van der Waals surface area contributed by atoms with Crippen molar-refractivity contribution >= 4 is 24.1 Å². The molecule has 0 aliphatic carbocycles. The topological polar surface area (TPSA) is 177 Å². The lowest BCUT2D eigenvalue weighted by molar-refractivity contribution is -0.213. The summed E-state index contributed by atoms with van der Waals surface area (Å²) in [4.78, 5) is 38.7. The molecule has 1 aromatic rings. The van der Waals surface area contributed by atoms with E-state index in [9.17, 15) is 24.6 Å². The molecule has 0 unspecified atom stereocenters. The van der Waals surface area contributed by atoms with Gasteiger partial charge in [0.25, 0.3) is 0 Å². The first-order valence-corrected chi connectivity index (χ1v) is 11.7. The summed E-state index contributed by atoms with van der Waals surface area (Å²) < 4.78 is 21.7. The largest absolute Gasteiger partial charge is 0.465 e. The SMILES string of the molecule is CC(C)OC(=O)[C@H](CCC(=O)C=[N+]=[N-])NC(=O)OCc1ccc(O[C@@H]2C[C@@H](C)[C@@H](O)[C@@H](CO)O2)cc1. The summed E-state index contributed by atoms with van der Waals surface area (Å²) in [5, 5.41) is 21.8. The highest BCUT2D eigenvalue weighted by atomic mass is 16.7. The molecule has 1 aromatic carbocycles. The highest BCUT2D eigenvalue weighted by Gasteiger charge is 2.35. The molecule has 12 nitrogen and oxygen atoms in total. The maximum Gasteiger partial charge on any atom is 0.408 e. The number of Topliss-reactive ketones (excluding diaryl/α,β-unsaturated/α-hetero) is 1. The second kappa shape index (κ2) is 14.3. The Hall–Kier alpha value is -3.31. The Morgan fingerprint density at radius 2 is 1.97 bits per heavy atom. The number of aliphatic hydroxyl groups is 2. The maximum absolute atomic E-state index is 12.3. The maximum atomic E-state index is 12.3. The van der Waals surface area contributed by atoms with Gasteiger partial charge in [-0.15, -0.1) is 0 Å². The highest BCUT2D eigenvalue weighted by molar-refractivity contribution is 6.25. The number of ether oxygens (including phenoxy) is 4. The van der Waals surface area contributed by atoms with E-state index in [1.165, 1.54) is 0 Å². The average molecular weight is 508 g/mol. The number of aliphatic hydroxyl groups excluding tert-OH is 2. The van der Waals surface area contributed by atoms with Crippen molar-refractivity contribution in [2.75, 3.05) is 6.61 Å². The van der Waals surface area contributed by atoms with Crippen molar-refractivity contribution in [1.82, 2.24) is 5.32 Å². The molecule has 3 N–H and O–H groups in total. The predicted octanol–water partition coefficient (Wildman–Crippen LogP) is 1.37. The number of rotatable bonds is 12. The van der Waals surface area contributed by atoms with Gasteiger partial charge < -0.3 is 40.0 Å². The number of hydrogen-bond acceptors (Lipinski definition) is 9. The first-order chi connectivity index (χ1) is 17.1. The molecule has 0 spiro atoms. The van der Waals surface area contributed by atoms with Crippen LogP contribution in [0.2, 0.25) is 0 Å². The number of benzene rings is 1. The van der Waals surface area contributed by atoms with Crippen molar-refractivity contribution in [3.8, 4) is 5.75 Å². The minimum atomic E-state index is -1.12. The van der Waals surface area contributed by atoms with Gasteiger partial charge in [0, 0.05) is 12.8 Å². The smallest absolute Gasteiger partial charge is 0.408 e. The van der Waals surface area contributed by atoms with Gasteiger partial charge in [-0.3, -0.25) is 4.79 Å². The van der Waals surface area contributed by atoms with Gasteiger partial charge >= 0.3 is 18.3 Å². The van der Waals surface area contributed by atoms with E-state index in [0.29, 0.717) is 23.9 Å². The Morgan fingerprint density at radius 1 is 1.28 bits per heavy atom. The standard InChI is InChI=1S/C24H33N3O9/c1-14(2)34-23(31)19(9-6-17(29)11-26-25)27-24(32)33-13-16-4-7-18(8-5-16)35-21-10-15(3)22(30)20(12-28)36-21/h4-5,7-8,11,14-15,19-22,28,30H,6,9-10,12-13H2,1-3H3,(H,27,32)/t15-,19+,20-,21+,22-/m1/s1. The third kappa shape index (κ3) is 9.38. The molecular weight excluding hydrogens is 474 g/mol. The van der Waals surface area contributed by atoms with E-state index in [2.05, 4.69) is 10.1 Å². The Morgan fingerprint density at radius 3 is 2.58 bits per heavy atom. The van der Waals surface area contributed by atoms with E-state index >= 15 is 0 Å². The molecule has 36 heavy (non-hydrogen) atoms. The van der Waals surface area contributed by atoms with E-state index in [0.717, 1.165) is 0 Å². The number of esters is 1. The molecule has 0 aromatic heterocycles. The molecule has 1 saturated heterocycles. The third-order valence-electron chi connectivity index (χ3n) is 5.41. The van der Waals surface area contributed by atoms with Crippen LogP contribution in [0.3, 0.4) is 0 Å². The Labute approximate surface area is 209 Å². The number of amides is 1. The number of alkyl carbamates (subject to hydrolysis) is 1. The molecule has 1 amide bonds. The second-order valence-electron chi connectivity index (χ2n) is 8.76. The van der Waals surface area contributed by atoms with Crippen LogP contribution >= 0.6 is 0 Å². The third-order valence-corrected chi connectivity index (χ3v) is 5.41. The van der Waals surface area contributed by atoms with Crippen molar-refractivity contribution in [3.05, 3.63) is 35.4 Å². The molecule has 0 radical (unpaired) electrons. The number of ketones is 1. The Kier molecular flexibility index (Phi) is 11.5. The number of carbonyl (C=O) groups excluding carboxylic acids is 3. The van der Waals surface area contributed by atoms with Crippen molar-refractivity contribution in [2.45, 2.75) is 77.3 Å². The quantitative estimate of drug-likeness (QED) is 0.163. The lowest BCUT2D eigenvalue weighted by Crippen LogP contribution is -2.47. The van der Waals surface area contributed by atoms with Crippen LogP contribution in [-0.4, -0.2) is 76.3 Å². The molecular formula is C24H33N3O9. The molecule has 198 valence electrons. The van der Waals surface area contributed by atoms with Crippen LogP contribution in [0.5, 0.6) is 5.75 Å². The van der Waals surface area contributed by atoms with Gasteiger partial charge in [-0.05, 0) is 43.9 Å². The molecule has 1 aliphatic rings.